The summed E-state index contributed by atoms with van der Waals surface area (Å²) in [7, 11) is 1.72. The summed E-state index contributed by atoms with van der Waals surface area (Å²) < 4.78 is 0. The highest BCUT2D eigenvalue weighted by atomic mass is 16.1. The summed E-state index contributed by atoms with van der Waals surface area (Å²) in [6.45, 7) is 3.69. The third kappa shape index (κ3) is 4.06. The lowest BCUT2D eigenvalue weighted by Gasteiger charge is -1.96. The summed E-state index contributed by atoms with van der Waals surface area (Å²) in [6, 6.07) is 0. The van der Waals surface area contributed by atoms with Crippen LogP contribution in [0.1, 0.15) is 26.7 Å². The smallest absolute Gasteiger partial charge is 0.138 e. The first-order chi connectivity index (χ1) is 4.70. The van der Waals surface area contributed by atoms with Crippen LogP contribution in [0.3, 0.4) is 0 Å². The van der Waals surface area contributed by atoms with Crippen molar-refractivity contribution >= 4 is 11.5 Å². The van der Waals surface area contributed by atoms with Crippen LogP contribution in [0.25, 0.3) is 0 Å². The Morgan fingerprint density at radius 2 is 2.20 bits per heavy atom. The number of carbonyl (C=O) groups excluding carboxylic acids is 1. The lowest BCUT2D eigenvalue weighted by molar-refractivity contribution is -0.117. The molecule has 0 amide bonds. The predicted octanol–water partition coefficient (Wildman–Crippen LogP) is 0.951. The normalized spacial score (nSPS) is 11.3. The van der Waals surface area contributed by atoms with Crippen LogP contribution < -0.4 is 5.43 Å². The molecule has 0 aliphatic carbocycles. The quantitative estimate of drug-likeness (QED) is 0.469. The van der Waals surface area contributed by atoms with Gasteiger partial charge in [0.25, 0.3) is 0 Å². The van der Waals surface area contributed by atoms with E-state index >= 15 is 0 Å². The van der Waals surface area contributed by atoms with Crippen molar-refractivity contribution in [1.29, 1.82) is 0 Å². The third-order valence-electron chi connectivity index (χ3n) is 1.15. The molecule has 0 spiro atoms. The van der Waals surface area contributed by atoms with Crippen molar-refractivity contribution in [3.05, 3.63) is 0 Å². The van der Waals surface area contributed by atoms with Crippen LogP contribution in [0.5, 0.6) is 0 Å². The predicted molar refractivity (Wildman–Crippen MR) is 42.1 cm³/mol. The van der Waals surface area contributed by atoms with E-state index in [4.69, 9.17) is 0 Å². The molecule has 1 N–H and O–H groups in total. The van der Waals surface area contributed by atoms with Crippen LogP contribution in [0.15, 0.2) is 5.10 Å². The van der Waals surface area contributed by atoms with Crippen molar-refractivity contribution in [2.24, 2.45) is 5.10 Å². The van der Waals surface area contributed by atoms with Crippen LogP contribution in [0, 0.1) is 0 Å². The molecule has 3 nitrogen and oxygen atoms in total. The Balaban J connectivity index is 3.67. The number of Topliss-reactive ketones (excluding diaryl/α,β-unsaturated/α-hetero) is 1. The summed E-state index contributed by atoms with van der Waals surface area (Å²) in [4.78, 5) is 10.8. The molecule has 3 heteroatoms. The molecule has 0 aromatic rings. The summed E-state index contributed by atoms with van der Waals surface area (Å²) in [5, 5.41) is 3.86. The average Bonchev–Trinajstić information content (AvgIpc) is 1.88. The van der Waals surface area contributed by atoms with Crippen LogP contribution in [0.4, 0.5) is 0 Å². The molecule has 0 aliphatic heterocycles. The topological polar surface area (TPSA) is 41.5 Å². The van der Waals surface area contributed by atoms with Crippen LogP contribution in [-0.2, 0) is 4.79 Å². The van der Waals surface area contributed by atoms with E-state index in [1.165, 1.54) is 0 Å². The minimum absolute atomic E-state index is 0.233. The summed E-state index contributed by atoms with van der Waals surface area (Å²) in [5.41, 5.74) is 3.47. The van der Waals surface area contributed by atoms with Gasteiger partial charge in [0.1, 0.15) is 5.78 Å². The van der Waals surface area contributed by atoms with Crippen molar-refractivity contribution in [3.63, 3.8) is 0 Å². The summed E-state index contributed by atoms with van der Waals surface area (Å²) in [5.74, 6) is 0.233. The molecule has 0 saturated heterocycles. The van der Waals surface area contributed by atoms with Gasteiger partial charge in [0.2, 0.25) is 0 Å². The number of hydrogen-bond donors (Lipinski definition) is 1. The summed E-state index contributed by atoms with van der Waals surface area (Å²) in [6.07, 6.45) is 1.06. The first-order valence-corrected chi connectivity index (χ1v) is 3.42. The second-order valence-corrected chi connectivity index (χ2v) is 2.14. The highest BCUT2D eigenvalue weighted by Gasteiger charge is 1.99. The second kappa shape index (κ2) is 4.97. The second-order valence-electron chi connectivity index (χ2n) is 2.14. The largest absolute Gasteiger partial charge is 0.313 e. The number of rotatable bonds is 4. The van der Waals surface area contributed by atoms with Crippen molar-refractivity contribution in [3.8, 4) is 0 Å². The number of nitrogens with zero attached hydrogens (tertiary/aromatic N) is 1. The number of nitrogens with one attached hydrogen (secondary N) is 1. The van der Waals surface area contributed by atoms with Gasteiger partial charge in [0.15, 0.2) is 0 Å². The molecule has 0 unspecified atom stereocenters. The van der Waals surface area contributed by atoms with Gasteiger partial charge in [0, 0.05) is 25.6 Å². The molecule has 0 atom stereocenters. The Morgan fingerprint density at radius 1 is 1.60 bits per heavy atom. The minimum Gasteiger partial charge on any atom is -0.313 e. The number of hydrogen-bond acceptors (Lipinski definition) is 3. The Bertz CT molecular complexity index is 141. The molecule has 0 aromatic carbocycles. The zero-order valence-electron chi connectivity index (χ0n) is 6.77. The van der Waals surface area contributed by atoms with Crippen LogP contribution in [-0.4, -0.2) is 18.5 Å². The van der Waals surface area contributed by atoms with E-state index < -0.39 is 0 Å². The van der Waals surface area contributed by atoms with Gasteiger partial charge >= 0.3 is 0 Å². The number of carbonyl (C=O) groups is 1. The van der Waals surface area contributed by atoms with Gasteiger partial charge in [-0.1, -0.05) is 6.92 Å². The zero-order valence-corrected chi connectivity index (χ0v) is 6.77. The zero-order chi connectivity index (χ0) is 7.98. The Labute approximate surface area is 61.5 Å². The molecule has 58 valence electrons. The maximum atomic E-state index is 10.8. The molecule has 0 aromatic heterocycles. The third-order valence-corrected chi connectivity index (χ3v) is 1.15. The first-order valence-electron chi connectivity index (χ1n) is 3.42. The molecule has 0 bridgehead atoms. The van der Waals surface area contributed by atoms with Crippen molar-refractivity contribution < 1.29 is 4.79 Å². The maximum Gasteiger partial charge on any atom is 0.138 e. The molecule has 0 rings (SSSR count). The number of ketones is 1. The monoisotopic (exact) mass is 142 g/mol. The van der Waals surface area contributed by atoms with E-state index in [0.29, 0.717) is 12.8 Å². The van der Waals surface area contributed by atoms with Crippen molar-refractivity contribution in [2.45, 2.75) is 26.7 Å². The van der Waals surface area contributed by atoms with Crippen LogP contribution in [0.2, 0.25) is 0 Å². The fraction of sp³-hybridized carbons (Fsp3) is 0.714. The van der Waals surface area contributed by atoms with E-state index in [-0.39, 0.29) is 5.78 Å². The van der Waals surface area contributed by atoms with Gasteiger partial charge in [-0.15, -0.1) is 0 Å². The van der Waals surface area contributed by atoms with E-state index in [0.717, 1.165) is 5.71 Å². The van der Waals surface area contributed by atoms with Crippen molar-refractivity contribution in [1.82, 2.24) is 5.43 Å². The lowest BCUT2D eigenvalue weighted by atomic mass is 10.2. The first kappa shape index (κ1) is 9.14. The van der Waals surface area contributed by atoms with Gasteiger partial charge in [-0.25, -0.2) is 0 Å². The Morgan fingerprint density at radius 3 is 2.60 bits per heavy atom. The van der Waals surface area contributed by atoms with E-state index in [1.54, 1.807) is 7.05 Å². The van der Waals surface area contributed by atoms with Crippen molar-refractivity contribution in [2.75, 3.05) is 7.05 Å². The molecule has 0 radical (unpaired) electrons. The van der Waals surface area contributed by atoms with Gasteiger partial charge in [0.05, 0.1) is 0 Å². The lowest BCUT2D eigenvalue weighted by Crippen LogP contribution is -2.07. The highest BCUT2D eigenvalue weighted by molar-refractivity contribution is 6.00. The molecule has 0 saturated carbocycles. The van der Waals surface area contributed by atoms with Gasteiger partial charge in [-0.3, -0.25) is 4.79 Å². The van der Waals surface area contributed by atoms with E-state index in [9.17, 15) is 4.79 Å². The summed E-state index contributed by atoms with van der Waals surface area (Å²) >= 11 is 0. The Kier molecular flexibility index (Phi) is 4.54. The molecular weight excluding hydrogens is 128 g/mol. The SMILES string of the molecule is CCC(=O)C/C(C)=N/NC. The molecule has 0 aliphatic rings. The number of hydrazone groups is 1. The molecular formula is C7H14N2O. The highest BCUT2D eigenvalue weighted by Crippen LogP contribution is 1.90. The Hall–Kier alpha value is -0.860. The molecule has 10 heavy (non-hydrogen) atoms. The van der Waals surface area contributed by atoms with E-state index in [2.05, 4.69) is 10.5 Å². The standard InChI is InChI=1S/C7H14N2O/c1-4-7(10)5-6(2)9-8-3/h8H,4-5H2,1-3H3/b9-6+. The minimum atomic E-state index is 0.233. The van der Waals surface area contributed by atoms with Gasteiger partial charge < -0.3 is 5.43 Å². The van der Waals surface area contributed by atoms with Gasteiger partial charge in [-0.05, 0) is 6.92 Å². The van der Waals surface area contributed by atoms with E-state index in [1.807, 2.05) is 13.8 Å². The maximum absolute atomic E-state index is 10.8. The molecule has 0 heterocycles. The fourth-order valence-electron chi connectivity index (χ4n) is 0.641. The average molecular weight is 142 g/mol. The van der Waals surface area contributed by atoms with Gasteiger partial charge in [-0.2, -0.15) is 5.10 Å². The fourth-order valence-corrected chi connectivity index (χ4v) is 0.641. The van der Waals surface area contributed by atoms with Crippen LogP contribution >= 0.6 is 0 Å². The molecule has 0 fully saturated rings.